The molecule has 29 heavy (non-hydrogen) atoms. The van der Waals surface area contributed by atoms with Gasteiger partial charge in [-0.3, -0.25) is 10.1 Å². The number of fused-ring (bicyclic) bond motifs is 1. The Morgan fingerprint density at radius 1 is 1.21 bits per heavy atom. The number of nitrogens with zero attached hydrogens (tertiary/aromatic N) is 3. The molecule has 1 N–H and O–H groups in total. The van der Waals surface area contributed by atoms with E-state index < -0.39 is 5.60 Å². The van der Waals surface area contributed by atoms with Gasteiger partial charge >= 0.3 is 6.09 Å². The summed E-state index contributed by atoms with van der Waals surface area (Å²) in [6, 6.07) is 0.0504. The fourth-order valence-corrected chi connectivity index (χ4v) is 4.40. The van der Waals surface area contributed by atoms with Crippen molar-refractivity contribution in [2.75, 3.05) is 12.4 Å². The number of nitrogens with one attached hydrogen (secondary N) is 1. The Hall–Kier alpha value is -2.18. The third-order valence-electron chi connectivity index (χ3n) is 6.87. The van der Waals surface area contributed by atoms with E-state index in [0.717, 1.165) is 24.1 Å². The van der Waals surface area contributed by atoms with Crippen molar-refractivity contribution >= 4 is 17.9 Å². The Bertz CT molecular complexity index is 812. The van der Waals surface area contributed by atoms with E-state index >= 15 is 0 Å². The molecule has 0 radical (unpaired) electrons. The Morgan fingerprint density at radius 2 is 1.83 bits per heavy atom. The number of aromatic nitrogens is 2. The Balaban J connectivity index is 1.64. The molecule has 7 heteroatoms. The maximum Gasteiger partial charge on any atom is 0.410 e. The van der Waals surface area contributed by atoms with E-state index in [4.69, 9.17) is 4.74 Å². The number of ether oxygens (including phenoxy) is 1. The van der Waals surface area contributed by atoms with Gasteiger partial charge in [-0.1, -0.05) is 27.7 Å². The molecule has 1 aromatic heterocycles. The average Bonchev–Trinajstić information content (AvgIpc) is 3.01. The molecule has 0 spiro atoms. The minimum atomic E-state index is -0.515. The van der Waals surface area contributed by atoms with Crippen molar-refractivity contribution in [1.82, 2.24) is 14.9 Å². The summed E-state index contributed by atoms with van der Waals surface area (Å²) in [6.07, 6.45) is 3.68. The molecule has 0 saturated heterocycles. The van der Waals surface area contributed by atoms with E-state index in [9.17, 15) is 9.59 Å². The first kappa shape index (κ1) is 21.5. The Morgan fingerprint density at radius 3 is 2.38 bits per heavy atom. The van der Waals surface area contributed by atoms with Crippen LogP contribution in [0.4, 0.5) is 10.7 Å². The van der Waals surface area contributed by atoms with Crippen LogP contribution in [0.5, 0.6) is 0 Å². The topological polar surface area (TPSA) is 84.4 Å². The largest absolute Gasteiger partial charge is 0.444 e. The second-order valence-electron chi connectivity index (χ2n) is 10.5. The van der Waals surface area contributed by atoms with Gasteiger partial charge in [-0.2, -0.15) is 0 Å². The third kappa shape index (κ3) is 4.09. The van der Waals surface area contributed by atoms with Crippen LogP contribution >= 0.6 is 0 Å². The van der Waals surface area contributed by atoms with Gasteiger partial charge in [0.25, 0.3) is 0 Å². The maximum absolute atomic E-state index is 12.7. The molecule has 3 rings (SSSR count). The highest BCUT2D eigenvalue weighted by Crippen LogP contribution is 2.68. The lowest BCUT2D eigenvalue weighted by atomic mass is 9.92. The number of carbonyl (C=O) groups excluding carboxylic acids is 2. The first-order valence-electron chi connectivity index (χ1n) is 10.4. The summed E-state index contributed by atoms with van der Waals surface area (Å²) in [5, 5.41) is 2.90. The maximum atomic E-state index is 12.7. The van der Waals surface area contributed by atoms with Gasteiger partial charge in [0.2, 0.25) is 11.9 Å². The Kier molecular flexibility index (Phi) is 5.16. The SMILES string of the molecule is CN(C(=O)OC(C)(C)C)C1CCc2nc(NC(=O)C3C(C)(C)C3(C)C)ncc2C1. The number of rotatable bonds is 3. The molecule has 0 aromatic carbocycles. The lowest BCUT2D eigenvalue weighted by molar-refractivity contribution is -0.118. The fourth-order valence-electron chi connectivity index (χ4n) is 4.40. The van der Waals surface area contributed by atoms with Gasteiger partial charge < -0.3 is 9.64 Å². The van der Waals surface area contributed by atoms with E-state index in [1.807, 2.05) is 20.8 Å². The predicted octanol–water partition coefficient (Wildman–Crippen LogP) is 3.82. The quantitative estimate of drug-likeness (QED) is 0.831. The molecule has 1 fully saturated rings. The second-order valence-corrected chi connectivity index (χ2v) is 10.5. The van der Waals surface area contributed by atoms with Gasteiger partial charge in [0.15, 0.2) is 0 Å². The van der Waals surface area contributed by atoms with Gasteiger partial charge in [0.1, 0.15) is 5.60 Å². The first-order valence-corrected chi connectivity index (χ1v) is 10.4. The summed E-state index contributed by atoms with van der Waals surface area (Å²) < 4.78 is 5.47. The summed E-state index contributed by atoms with van der Waals surface area (Å²) in [5.41, 5.74) is 1.40. The van der Waals surface area contributed by atoms with Crippen molar-refractivity contribution in [1.29, 1.82) is 0 Å². The molecular weight excluding hydrogens is 368 g/mol. The molecular formula is C22H34N4O3. The van der Waals surface area contributed by atoms with Crippen LogP contribution in [0.2, 0.25) is 0 Å². The molecule has 1 saturated carbocycles. The molecule has 0 bridgehead atoms. The molecule has 1 unspecified atom stereocenters. The summed E-state index contributed by atoms with van der Waals surface area (Å²) in [6.45, 7) is 14.1. The number of aryl methyl sites for hydroxylation is 1. The second kappa shape index (κ2) is 6.96. The van der Waals surface area contributed by atoms with E-state index in [2.05, 4.69) is 43.0 Å². The number of amides is 2. The minimum absolute atomic E-state index is 0.0155. The fraction of sp³-hybridized carbons (Fsp3) is 0.727. The molecule has 160 valence electrons. The highest BCUT2D eigenvalue weighted by molar-refractivity contribution is 5.94. The monoisotopic (exact) mass is 402 g/mol. The van der Waals surface area contributed by atoms with Crippen molar-refractivity contribution in [3.8, 4) is 0 Å². The molecule has 2 aliphatic carbocycles. The third-order valence-corrected chi connectivity index (χ3v) is 6.87. The smallest absolute Gasteiger partial charge is 0.410 e. The van der Waals surface area contributed by atoms with Crippen molar-refractivity contribution in [2.45, 2.75) is 79.4 Å². The zero-order valence-corrected chi connectivity index (χ0v) is 18.9. The normalized spacial score (nSPS) is 22.4. The highest BCUT2D eigenvalue weighted by atomic mass is 16.6. The van der Waals surface area contributed by atoms with Crippen LogP contribution in [0.25, 0.3) is 0 Å². The number of hydrogen-bond acceptors (Lipinski definition) is 5. The summed E-state index contributed by atoms with van der Waals surface area (Å²) in [7, 11) is 1.78. The first-order chi connectivity index (χ1) is 13.2. The minimum Gasteiger partial charge on any atom is -0.444 e. The van der Waals surface area contributed by atoms with Crippen LogP contribution in [0.3, 0.4) is 0 Å². The van der Waals surface area contributed by atoms with E-state index in [1.165, 1.54) is 0 Å². The van der Waals surface area contributed by atoms with Crippen molar-refractivity contribution in [3.63, 3.8) is 0 Å². The van der Waals surface area contributed by atoms with Crippen LogP contribution < -0.4 is 5.32 Å². The lowest BCUT2D eigenvalue weighted by Gasteiger charge is -2.33. The summed E-state index contributed by atoms with van der Waals surface area (Å²) in [5.74, 6) is 0.311. The molecule has 1 heterocycles. The van der Waals surface area contributed by atoms with Gasteiger partial charge in [-0.05, 0) is 56.4 Å². The van der Waals surface area contributed by atoms with Crippen LogP contribution in [0.1, 0.15) is 66.1 Å². The molecule has 2 aliphatic rings. The van der Waals surface area contributed by atoms with Gasteiger partial charge in [0.05, 0.1) is 0 Å². The number of hydrogen-bond donors (Lipinski definition) is 1. The molecule has 1 atom stereocenters. The summed E-state index contributed by atoms with van der Waals surface area (Å²) >= 11 is 0. The van der Waals surface area contributed by atoms with Gasteiger partial charge in [-0.25, -0.2) is 14.8 Å². The van der Waals surface area contributed by atoms with E-state index in [0.29, 0.717) is 12.4 Å². The van der Waals surface area contributed by atoms with Crippen LogP contribution in [-0.2, 0) is 22.4 Å². The van der Waals surface area contributed by atoms with Gasteiger partial charge in [0, 0.05) is 30.9 Å². The predicted molar refractivity (Wildman–Crippen MR) is 112 cm³/mol. The molecule has 2 amide bonds. The van der Waals surface area contributed by atoms with Crippen LogP contribution in [-0.4, -0.2) is 45.6 Å². The number of carbonyl (C=O) groups is 2. The summed E-state index contributed by atoms with van der Waals surface area (Å²) in [4.78, 5) is 35.6. The van der Waals surface area contributed by atoms with Crippen LogP contribution in [0.15, 0.2) is 6.20 Å². The lowest BCUT2D eigenvalue weighted by Crippen LogP contribution is -2.43. The van der Waals surface area contributed by atoms with Crippen molar-refractivity contribution < 1.29 is 14.3 Å². The Labute approximate surface area is 173 Å². The molecule has 1 aromatic rings. The zero-order chi connectivity index (χ0) is 21.8. The van der Waals surface area contributed by atoms with Crippen LogP contribution in [0, 0.1) is 16.7 Å². The standard InChI is InChI=1S/C22H34N4O3/c1-20(2,3)29-19(28)26(8)14-9-10-15-13(11-14)12-23-18(24-15)25-17(27)16-21(4,5)22(16,6)7/h12,14,16H,9-11H2,1-8H3,(H,23,24,25,27). The van der Waals surface area contributed by atoms with Crippen molar-refractivity contribution in [3.05, 3.63) is 17.5 Å². The number of likely N-dealkylation sites (N-methyl/N-ethyl adjacent to an activating group) is 1. The molecule has 7 nitrogen and oxygen atoms in total. The zero-order valence-electron chi connectivity index (χ0n) is 18.9. The highest BCUT2D eigenvalue weighted by Gasteiger charge is 2.68. The molecule has 0 aliphatic heterocycles. The van der Waals surface area contributed by atoms with E-state index in [1.54, 1.807) is 18.1 Å². The average molecular weight is 403 g/mol. The number of anilines is 1. The van der Waals surface area contributed by atoms with Crippen molar-refractivity contribution in [2.24, 2.45) is 16.7 Å². The van der Waals surface area contributed by atoms with E-state index in [-0.39, 0.29) is 34.8 Å². The van der Waals surface area contributed by atoms with Gasteiger partial charge in [-0.15, -0.1) is 0 Å².